The summed E-state index contributed by atoms with van der Waals surface area (Å²) in [6.07, 6.45) is 1.60. The molecule has 0 spiro atoms. The zero-order chi connectivity index (χ0) is 16.3. The highest BCUT2D eigenvalue weighted by Crippen LogP contribution is 2.34. The molecule has 1 aromatic carbocycles. The number of halogens is 1. The molecule has 0 aromatic heterocycles. The van der Waals surface area contributed by atoms with E-state index in [4.69, 9.17) is 15.2 Å². The number of ether oxygens (including phenoxy) is 2. The number of nitrogens with zero attached hydrogens (tertiary/aromatic N) is 1. The van der Waals surface area contributed by atoms with Crippen molar-refractivity contribution in [2.75, 3.05) is 33.9 Å². The summed E-state index contributed by atoms with van der Waals surface area (Å²) in [5, 5.41) is 0. The maximum Gasteiger partial charge on any atom is 0.246 e. The Labute approximate surface area is 130 Å². The molecule has 2 N–H and O–H groups in total. The first kappa shape index (κ1) is 17.0. The molecular weight excluding hydrogens is 311 g/mol. The number of benzene rings is 1. The average molecular weight is 332 g/mol. The van der Waals surface area contributed by atoms with Crippen LogP contribution in [0.3, 0.4) is 0 Å². The van der Waals surface area contributed by atoms with Gasteiger partial charge < -0.3 is 15.2 Å². The summed E-state index contributed by atoms with van der Waals surface area (Å²) in [6.45, 7) is 1.10. The molecule has 8 heteroatoms. The van der Waals surface area contributed by atoms with E-state index in [0.29, 0.717) is 19.6 Å². The highest BCUT2D eigenvalue weighted by Gasteiger charge is 2.32. The molecule has 1 unspecified atom stereocenters. The van der Waals surface area contributed by atoms with Gasteiger partial charge in [0.25, 0.3) is 0 Å². The molecule has 6 nitrogen and oxygen atoms in total. The van der Waals surface area contributed by atoms with Crippen LogP contribution in [0.4, 0.5) is 4.39 Å². The molecule has 2 rings (SSSR count). The van der Waals surface area contributed by atoms with E-state index >= 15 is 0 Å². The second-order valence-electron chi connectivity index (χ2n) is 5.24. The first-order valence-corrected chi connectivity index (χ1v) is 8.49. The first-order valence-electron chi connectivity index (χ1n) is 7.05. The van der Waals surface area contributed by atoms with E-state index in [9.17, 15) is 12.8 Å². The molecule has 1 aliphatic heterocycles. The lowest BCUT2D eigenvalue weighted by Crippen LogP contribution is -2.42. The van der Waals surface area contributed by atoms with Crippen molar-refractivity contribution in [1.29, 1.82) is 0 Å². The van der Waals surface area contributed by atoms with Crippen LogP contribution in [0.1, 0.15) is 12.8 Å². The number of hydrogen-bond acceptors (Lipinski definition) is 5. The molecule has 124 valence electrons. The lowest BCUT2D eigenvalue weighted by atomic mass is 10.0. The second kappa shape index (κ2) is 6.80. The van der Waals surface area contributed by atoms with E-state index in [1.807, 2.05) is 0 Å². The fourth-order valence-corrected chi connectivity index (χ4v) is 4.23. The van der Waals surface area contributed by atoms with Crippen molar-refractivity contribution in [3.8, 4) is 11.5 Å². The van der Waals surface area contributed by atoms with Crippen LogP contribution in [-0.2, 0) is 10.0 Å². The van der Waals surface area contributed by atoms with Gasteiger partial charge in [-0.15, -0.1) is 0 Å². The van der Waals surface area contributed by atoms with Crippen LogP contribution in [-0.4, -0.2) is 46.6 Å². The van der Waals surface area contributed by atoms with Crippen molar-refractivity contribution < 1.29 is 22.3 Å². The Bertz CT molecular complexity index is 636. The summed E-state index contributed by atoms with van der Waals surface area (Å²) in [6, 6.07) is 2.19. The molecule has 0 bridgehead atoms. The molecule has 1 aliphatic rings. The Kier molecular flexibility index (Phi) is 5.25. The van der Waals surface area contributed by atoms with Crippen LogP contribution < -0.4 is 15.2 Å². The summed E-state index contributed by atoms with van der Waals surface area (Å²) < 4.78 is 50.9. The van der Waals surface area contributed by atoms with Gasteiger partial charge in [-0.1, -0.05) is 0 Å². The number of rotatable bonds is 5. The Morgan fingerprint density at radius 1 is 1.32 bits per heavy atom. The molecule has 1 heterocycles. The van der Waals surface area contributed by atoms with Crippen molar-refractivity contribution >= 4 is 10.0 Å². The van der Waals surface area contributed by atoms with Crippen molar-refractivity contribution in [1.82, 2.24) is 4.31 Å². The molecule has 0 radical (unpaired) electrons. The van der Waals surface area contributed by atoms with Crippen LogP contribution in [0, 0.1) is 11.7 Å². The van der Waals surface area contributed by atoms with Gasteiger partial charge in [0, 0.05) is 25.2 Å². The van der Waals surface area contributed by atoms with E-state index in [0.717, 1.165) is 25.0 Å². The topological polar surface area (TPSA) is 81.9 Å². The van der Waals surface area contributed by atoms with Crippen molar-refractivity contribution in [3.63, 3.8) is 0 Å². The van der Waals surface area contributed by atoms with Gasteiger partial charge in [0.1, 0.15) is 10.7 Å². The Balaban J connectivity index is 2.40. The van der Waals surface area contributed by atoms with Gasteiger partial charge in [-0.2, -0.15) is 4.31 Å². The van der Waals surface area contributed by atoms with Gasteiger partial charge in [-0.3, -0.25) is 0 Å². The van der Waals surface area contributed by atoms with Gasteiger partial charge in [0.05, 0.1) is 14.2 Å². The molecule has 1 aromatic rings. The summed E-state index contributed by atoms with van der Waals surface area (Å²) >= 11 is 0. The first-order chi connectivity index (χ1) is 10.4. The van der Waals surface area contributed by atoms with Gasteiger partial charge >= 0.3 is 0 Å². The van der Waals surface area contributed by atoms with Crippen LogP contribution >= 0.6 is 0 Å². The van der Waals surface area contributed by atoms with Gasteiger partial charge in [-0.05, 0) is 25.3 Å². The van der Waals surface area contributed by atoms with E-state index < -0.39 is 20.7 Å². The summed E-state index contributed by atoms with van der Waals surface area (Å²) in [7, 11) is -1.19. The van der Waals surface area contributed by atoms with Crippen LogP contribution in [0.15, 0.2) is 17.0 Å². The SMILES string of the molecule is COc1cc(F)c(S(=O)(=O)N2CCCC(CN)C2)cc1OC. The lowest BCUT2D eigenvalue weighted by Gasteiger charge is -2.31. The Morgan fingerprint density at radius 3 is 2.55 bits per heavy atom. The molecule has 1 fully saturated rings. The summed E-state index contributed by atoms with van der Waals surface area (Å²) in [4.78, 5) is -0.400. The van der Waals surface area contributed by atoms with E-state index in [2.05, 4.69) is 0 Å². The van der Waals surface area contributed by atoms with Crippen molar-refractivity contribution in [2.45, 2.75) is 17.7 Å². The van der Waals surface area contributed by atoms with Crippen LogP contribution in [0.2, 0.25) is 0 Å². The van der Waals surface area contributed by atoms with Crippen molar-refractivity contribution in [3.05, 3.63) is 17.9 Å². The average Bonchev–Trinajstić information content (AvgIpc) is 2.54. The minimum absolute atomic E-state index is 0.103. The predicted molar refractivity (Wildman–Crippen MR) is 80.0 cm³/mol. The zero-order valence-electron chi connectivity index (χ0n) is 12.7. The summed E-state index contributed by atoms with van der Waals surface area (Å²) in [5.41, 5.74) is 5.63. The molecule has 1 atom stereocenters. The third kappa shape index (κ3) is 3.18. The molecular formula is C14H21FN2O4S. The lowest BCUT2D eigenvalue weighted by molar-refractivity contribution is 0.270. The second-order valence-corrected chi connectivity index (χ2v) is 7.15. The van der Waals surface area contributed by atoms with E-state index in [-0.39, 0.29) is 17.4 Å². The van der Waals surface area contributed by atoms with E-state index in [1.54, 1.807) is 0 Å². The largest absolute Gasteiger partial charge is 0.493 e. The third-order valence-corrected chi connectivity index (χ3v) is 5.75. The maximum absolute atomic E-state index is 14.2. The maximum atomic E-state index is 14.2. The Hall–Kier alpha value is -1.38. The highest BCUT2D eigenvalue weighted by atomic mass is 32.2. The summed E-state index contributed by atoms with van der Waals surface area (Å²) in [5.74, 6) is -0.424. The number of nitrogens with two attached hydrogens (primary N) is 1. The molecule has 22 heavy (non-hydrogen) atoms. The minimum atomic E-state index is -3.93. The number of methoxy groups -OCH3 is 2. The fourth-order valence-electron chi connectivity index (χ4n) is 2.61. The van der Waals surface area contributed by atoms with Gasteiger partial charge in [-0.25, -0.2) is 12.8 Å². The molecule has 0 amide bonds. The Morgan fingerprint density at radius 2 is 1.95 bits per heavy atom. The van der Waals surface area contributed by atoms with Gasteiger partial charge in [0.15, 0.2) is 11.5 Å². The molecule has 0 aliphatic carbocycles. The molecule has 0 saturated carbocycles. The minimum Gasteiger partial charge on any atom is -0.493 e. The highest BCUT2D eigenvalue weighted by molar-refractivity contribution is 7.89. The van der Waals surface area contributed by atoms with Crippen LogP contribution in [0.5, 0.6) is 11.5 Å². The normalized spacial score (nSPS) is 19.9. The van der Waals surface area contributed by atoms with Crippen molar-refractivity contribution in [2.24, 2.45) is 11.7 Å². The standard InChI is InChI=1S/C14H21FN2O4S/c1-20-12-6-11(15)14(7-13(12)21-2)22(18,19)17-5-3-4-10(8-16)9-17/h6-7,10H,3-5,8-9,16H2,1-2H3. The number of hydrogen-bond donors (Lipinski definition) is 1. The molecule has 1 saturated heterocycles. The number of sulfonamides is 1. The van der Waals surface area contributed by atoms with E-state index in [1.165, 1.54) is 18.5 Å². The smallest absolute Gasteiger partial charge is 0.246 e. The fraction of sp³-hybridized carbons (Fsp3) is 0.571. The van der Waals surface area contributed by atoms with Gasteiger partial charge in [0.2, 0.25) is 10.0 Å². The number of piperidine rings is 1. The monoisotopic (exact) mass is 332 g/mol. The zero-order valence-corrected chi connectivity index (χ0v) is 13.5. The quantitative estimate of drug-likeness (QED) is 0.876. The third-order valence-electron chi connectivity index (χ3n) is 3.87. The predicted octanol–water partition coefficient (Wildman–Crippen LogP) is 1.20. The van der Waals surface area contributed by atoms with Crippen LogP contribution in [0.25, 0.3) is 0 Å².